The van der Waals surface area contributed by atoms with Gasteiger partial charge in [-0.25, -0.2) is 4.68 Å². The molecule has 134 valence electrons. The predicted octanol–water partition coefficient (Wildman–Crippen LogP) is 4.32. The van der Waals surface area contributed by atoms with Gasteiger partial charge in [0.05, 0.1) is 25.6 Å². The minimum absolute atomic E-state index is 0.0873. The quantitative estimate of drug-likeness (QED) is 0.613. The van der Waals surface area contributed by atoms with Crippen molar-refractivity contribution in [1.29, 1.82) is 0 Å². The zero-order valence-electron chi connectivity index (χ0n) is 14.2. The smallest absolute Gasteiger partial charge is 0.235 e. The van der Waals surface area contributed by atoms with Crippen molar-refractivity contribution < 1.29 is 9.53 Å². The lowest BCUT2D eigenvalue weighted by molar-refractivity contribution is -0.113. The number of aromatic nitrogens is 2. The average molecular weight is 388 g/mol. The van der Waals surface area contributed by atoms with Crippen LogP contribution in [0.5, 0.6) is 5.75 Å². The number of methoxy groups -OCH3 is 1. The molecule has 0 aliphatic rings. The highest BCUT2D eigenvalue weighted by Gasteiger charge is 2.09. The molecule has 1 aromatic heterocycles. The van der Waals surface area contributed by atoms with Crippen LogP contribution in [0.1, 0.15) is 5.56 Å². The maximum atomic E-state index is 12.3. The van der Waals surface area contributed by atoms with E-state index in [1.807, 2.05) is 48.5 Å². The second-order valence-electron chi connectivity index (χ2n) is 5.52. The van der Waals surface area contributed by atoms with Gasteiger partial charge in [0.15, 0.2) is 0 Å². The number of amides is 1. The Morgan fingerprint density at radius 2 is 2.04 bits per heavy atom. The molecule has 0 saturated heterocycles. The van der Waals surface area contributed by atoms with Crippen LogP contribution in [0.3, 0.4) is 0 Å². The van der Waals surface area contributed by atoms with Crippen LogP contribution < -0.4 is 10.1 Å². The molecule has 0 atom stereocenters. The topological polar surface area (TPSA) is 56.1 Å². The van der Waals surface area contributed by atoms with Gasteiger partial charge in [-0.2, -0.15) is 5.10 Å². The van der Waals surface area contributed by atoms with E-state index in [9.17, 15) is 4.79 Å². The molecule has 3 rings (SSSR count). The van der Waals surface area contributed by atoms with E-state index < -0.39 is 0 Å². The number of thioether (sulfide) groups is 1. The van der Waals surface area contributed by atoms with E-state index in [1.165, 1.54) is 11.8 Å². The van der Waals surface area contributed by atoms with Gasteiger partial charge in [-0.05, 0) is 35.9 Å². The van der Waals surface area contributed by atoms with Crippen LogP contribution in [0, 0.1) is 0 Å². The van der Waals surface area contributed by atoms with Crippen LogP contribution in [0.15, 0.2) is 65.7 Å². The van der Waals surface area contributed by atoms with Gasteiger partial charge in [0.2, 0.25) is 5.91 Å². The Hall–Kier alpha value is -2.44. The normalized spacial score (nSPS) is 10.5. The summed E-state index contributed by atoms with van der Waals surface area (Å²) in [6.45, 7) is 0.558. The number of halogens is 1. The van der Waals surface area contributed by atoms with E-state index in [0.717, 1.165) is 16.2 Å². The van der Waals surface area contributed by atoms with Crippen LogP contribution >= 0.6 is 23.4 Å². The van der Waals surface area contributed by atoms with Crippen molar-refractivity contribution in [3.63, 3.8) is 0 Å². The van der Waals surface area contributed by atoms with Gasteiger partial charge in [0.25, 0.3) is 0 Å². The lowest BCUT2D eigenvalue weighted by Crippen LogP contribution is -2.17. The third-order valence-electron chi connectivity index (χ3n) is 3.64. The molecule has 7 heteroatoms. The lowest BCUT2D eigenvalue weighted by Gasteiger charge is -2.09. The first-order valence-corrected chi connectivity index (χ1v) is 9.33. The Morgan fingerprint density at radius 1 is 1.23 bits per heavy atom. The molecule has 0 aliphatic heterocycles. The third kappa shape index (κ3) is 5.03. The van der Waals surface area contributed by atoms with Crippen molar-refractivity contribution in [1.82, 2.24) is 9.78 Å². The highest BCUT2D eigenvalue weighted by molar-refractivity contribution is 8.00. The highest BCUT2D eigenvalue weighted by Crippen LogP contribution is 2.23. The summed E-state index contributed by atoms with van der Waals surface area (Å²) in [4.78, 5) is 13.2. The molecular formula is C19H18ClN3O2S. The summed E-state index contributed by atoms with van der Waals surface area (Å²) in [5.74, 6) is 1.66. The first-order chi connectivity index (χ1) is 12.6. The summed E-state index contributed by atoms with van der Waals surface area (Å²) >= 11 is 7.36. The summed E-state index contributed by atoms with van der Waals surface area (Å²) in [6.07, 6.45) is 1.67. The zero-order chi connectivity index (χ0) is 18.4. The van der Waals surface area contributed by atoms with Gasteiger partial charge < -0.3 is 10.1 Å². The minimum Gasteiger partial charge on any atom is -0.497 e. The Kier molecular flexibility index (Phi) is 6.20. The zero-order valence-corrected chi connectivity index (χ0v) is 15.8. The van der Waals surface area contributed by atoms with Crippen molar-refractivity contribution in [3.05, 3.63) is 71.4 Å². The number of benzene rings is 2. The lowest BCUT2D eigenvalue weighted by atomic mass is 10.2. The molecule has 1 N–H and O–H groups in total. The maximum Gasteiger partial charge on any atom is 0.235 e. The van der Waals surface area contributed by atoms with E-state index in [4.69, 9.17) is 16.3 Å². The number of carbonyl (C=O) groups excluding carboxylic acids is 1. The Labute approximate surface area is 161 Å². The second kappa shape index (κ2) is 8.78. The van der Waals surface area contributed by atoms with Crippen molar-refractivity contribution in [2.75, 3.05) is 18.2 Å². The Morgan fingerprint density at radius 3 is 2.81 bits per heavy atom. The van der Waals surface area contributed by atoms with Gasteiger partial charge in [0.1, 0.15) is 11.6 Å². The molecule has 0 spiro atoms. The summed E-state index contributed by atoms with van der Waals surface area (Å²) in [5, 5.41) is 7.87. The van der Waals surface area contributed by atoms with Crippen molar-refractivity contribution in [3.8, 4) is 5.75 Å². The van der Waals surface area contributed by atoms with Crippen molar-refractivity contribution in [2.45, 2.75) is 11.4 Å². The van der Waals surface area contributed by atoms with Gasteiger partial charge >= 0.3 is 0 Å². The average Bonchev–Trinajstić information content (AvgIpc) is 3.08. The summed E-state index contributed by atoms with van der Waals surface area (Å²) < 4.78 is 6.94. The number of hydrogen-bond donors (Lipinski definition) is 1. The molecule has 0 saturated carbocycles. The van der Waals surface area contributed by atoms with Crippen LogP contribution in [-0.2, 0) is 11.3 Å². The molecule has 0 bridgehead atoms. The van der Waals surface area contributed by atoms with Crippen LogP contribution in [0.25, 0.3) is 0 Å². The molecular weight excluding hydrogens is 370 g/mol. The van der Waals surface area contributed by atoms with Gasteiger partial charge in [0, 0.05) is 16.0 Å². The molecule has 2 aromatic carbocycles. The maximum absolute atomic E-state index is 12.3. The second-order valence-corrected chi connectivity index (χ2v) is 7.00. The summed E-state index contributed by atoms with van der Waals surface area (Å²) in [5.41, 5.74) is 1.05. The molecule has 0 unspecified atom stereocenters. The fourth-order valence-corrected chi connectivity index (χ4v) is 3.22. The number of carbonyl (C=O) groups is 1. The van der Waals surface area contributed by atoms with Crippen molar-refractivity contribution >= 4 is 35.1 Å². The van der Waals surface area contributed by atoms with E-state index >= 15 is 0 Å². The standard InChI is InChI=1S/C19H18ClN3O2S/c1-25-16-3-2-4-17(11-16)26-13-19(24)22-18-9-10-21-23(18)12-14-5-7-15(20)8-6-14/h2-11H,12-13H2,1H3,(H,22,24). The highest BCUT2D eigenvalue weighted by atomic mass is 35.5. The van der Waals surface area contributed by atoms with E-state index in [1.54, 1.807) is 24.1 Å². The molecule has 0 fully saturated rings. The number of nitrogens with zero attached hydrogens (tertiary/aromatic N) is 2. The SMILES string of the molecule is COc1cccc(SCC(=O)Nc2ccnn2Cc2ccc(Cl)cc2)c1. The van der Waals surface area contributed by atoms with Gasteiger partial charge in [-0.1, -0.05) is 29.8 Å². The number of rotatable bonds is 7. The predicted molar refractivity (Wildman–Crippen MR) is 105 cm³/mol. The molecule has 1 heterocycles. The van der Waals surface area contributed by atoms with E-state index in [-0.39, 0.29) is 5.91 Å². The fraction of sp³-hybridized carbons (Fsp3) is 0.158. The number of anilines is 1. The van der Waals surface area contributed by atoms with Gasteiger partial charge in [-0.15, -0.1) is 11.8 Å². The Bertz CT molecular complexity index is 881. The molecule has 0 aliphatic carbocycles. The van der Waals surface area contributed by atoms with Crippen LogP contribution in [0.4, 0.5) is 5.82 Å². The fourth-order valence-electron chi connectivity index (χ4n) is 2.35. The van der Waals surface area contributed by atoms with Crippen LogP contribution in [0.2, 0.25) is 5.02 Å². The largest absolute Gasteiger partial charge is 0.497 e. The minimum atomic E-state index is -0.0873. The first kappa shape index (κ1) is 18.4. The van der Waals surface area contributed by atoms with Crippen LogP contribution in [-0.4, -0.2) is 28.6 Å². The molecule has 26 heavy (non-hydrogen) atoms. The summed E-state index contributed by atoms with van der Waals surface area (Å²) in [7, 11) is 1.62. The third-order valence-corrected chi connectivity index (χ3v) is 4.89. The molecule has 0 radical (unpaired) electrons. The Balaban J connectivity index is 1.57. The first-order valence-electron chi connectivity index (χ1n) is 7.97. The van der Waals surface area contributed by atoms with E-state index in [2.05, 4.69) is 10.4 Å². The van der Waals surface area contributed by atoms with E-state index in [0.29, 0.717) is 23.1 Å². The monoisotopic (exact) mass is 387 g/mol. The molecule has 5 nitrogen and oxygen atoms in total. The van der Waals surface area contributed by atoms with Gasteiger partial charge in [-0.3, -0.25) is 4.79 Å². The summed E-state index contributed by atoms with van der Waals surface area (Å²) in [6, 6.07) is 17.0. The number of hydrogen-bond acceptors (Lipinski definition) is 4. The molecule has 3 aromatic rings. The molecule has 1 amide bonds. The number of nitrogens with one attached hydrogen (secondary N) is 1. The number of ether oxygens (including phenoxy) is 1. The van der Waals surface area contributed by atoms with Crippen molar-refractivity contribution in [2.24, 2.45) is 0 Å².